The van der Waals surface area contributed by atoms with Crippen molar-refractivity contribution in [1.82, 2.24) is 9.97 Å². The van der Waals surface area contributed by atoms with E-state index in [9.17, 15) is 4.79 Å². The van der Waals surface area contributed by atoms with Crippen LogP contribution in [0.5, 0.6) is 11.5 Å². The van der Waals surface area contributed by atoms with E-state index in [0.29, 0.717) is 17.3 Å². The largest absolute Gasteiger partial charge is 0.454 e. The van der Waals surface area contributed by atoms with Gasteiger partial charge in [0.2, 0.25) is 5.76 Å². The Kier molecular flexibility index (Phi) is 9.85. The number of aryl methyl sites for hydroxylation is 1. The normalized spacial score (nSPS) is 8.89. The Morgan fingerprint density at radius 2 is 1.58 bits per heavy atom. The molecule has 0 aliphatic rings. The monoisotopic (exact) mass is 472 g/mol. The van der Waals surface area contributed by atoms with Gasteiger partial charge in [0.1, 0.15) is 17.6 Å². The first-order valence-electron chi connectivity index (χ1n) is 11.1. The van der Waals surface area contributed by atoms with E-state index in [-0.39, 0.29) is 5.76 Å². The fourth-order valence-electron chi connectivity index (χ4n) is 2.82. The van der Waals surface area contributed by atoms with Gasteiger partial charge >= 0.3 is 5.97 Å². The summed E-state index contributed by atoms with van der Waals surface area (Å²) in [6.45, 7) is 2.14. The molecule has 0 N–H and O–H groups in total. The molecule has 0 saturated carbocycles. The number of carbonyl (C=O) groups is 1. The van der Waals surface area contributed by atoms with Gasteiger partial charge in [0, 0.05) is 35.7 Å². The topological polar surface area (TPSA) is 74.5 Å². The van der Waals surface area contributed by atoms with E-state index >= 15 is 0 Å². The zero-order chi connectivity index (χ0) is 25.4. The van der Waals surface area contributed by atoms with Crippen molar-refractivity contribution in [2.24, 2.45) is 0 Å². The van der Waals surface area contributed by atoms with E-state index in [1.165, 1.54) is 12.4 Å². The molecule has 3 aromatic rings. The third-order valence-electron chi connectivity index (χ3n) is 4.51. The van der Waals surface area contributed by atoms with Crippen LogP contribution in [0.2, 0.25) is 0 Å². The number of rotatable bonds is 8. The molecule has 0 saturated heterocycles. The summed E-state index contributed by atoms with van der Waals surface area (Å²) >= 11 is 0. The van der Waals surface area contributed by atoms with E-state index in [2.05, 4.69) is 70.4 Å². The van der Waals surface area contributed by atoms with Gasteiger partial charge in [-0.05, 0) is 66.5 Å². The van der Waals surface area contributed by atoms with Gasteiger partial charge in [0.25, 0.3) is 0 Å². The van der Waals surface area contributed by atoms with Crippen LogP contribution in [0.15, 0.2) is 53.2 Å². The fourth-order valence-corrected chi connectivity index (χ4v) is 2.82. The molecule has 0 spiro atoms. The number of furan rings is 1. The number of carbonyl (C=O) groups excluding carboxylic acids is 1. The van der Waals surface area contributed by atoms with Crippen LogP contribution in [0.4, 0.5) is 0 Å². The number of esters is 1. The summed E-state index contributed by atoms with van der Waals surface area (Å²) in [6, 6.07) is 10.3. The molecule has 6 heteroatoms. The van der Waals surface area contributed by atoms with Crippen LogP contribution in [0.1, 0.15) is 42.5 Å². The van der Waals surface area contributed by atoms with Gasteiger partial charge in [0.05, 0.1) is 12.4 Å². The zero-order valence-corrected chi connectivity index (χ0v) is 19.6. The predicted octanol–water partition coefficient (Wildman–Crippen LogP) is 4.67. The second kappa shape index (κ2) is 14.0. The summed E-state index contributed by atoms with van der Waals surface area (Å²) in [4.78, 5) is 20.9. The highest BCUT2D eigenvalue weighted by Crippen LogP contribution is 2.21. The molecule has 174 valence electrons. The SMILES string of the molecule is C#CC#CC#CC#CC#COc1cnc(-c2ccc(OC(=O)c3ccc(CCCCC)o3)cc2)nc1. The van der Waals surface area contributed by atoms with Crippen molar-refractivity contribution in [2.75, 3.05) is 0 Å². The second-order valence-electron chi connectivity index (χ2n) is 7.10. The summed E-state index contributed by atoms with van der Waals surface area (Å²) in [5, 5.41) is 0. The number of terminal acetylenes is 1. The molecule has 2 heterocycles. The second-order valence-corrected chi connectivity index (χ2v) is 7.10. The highest BCUT2D eigenvalue weighted by Gasteiger charge is 2.14. The standard InChI is InChI=1S/C30H20N2O4/c1-3-5-7-8-9-10-11-13-21-34-27-22-31-29(32-23-27)24-15-17-26(18-16-24)36-30(33)28-20-19-25(35-28)14-12-6-4-2/h1,15-20,22-23H,4,6,12,14H2,2H3. The van der Waals surface area contributed by atoms with Gasteiger partial charge in [-0.2, -0.15) is 0 Å². The number of benzene rings is 1. The summed E-state index contributed by atoms with van der Waals surface area (Å²) in [6.07, 6.45) is 14.4. The Labute approximate surface area is 210 Å². The van der Waals surface area contributed by atoms with E-state index < -0.39 is 5.97 Å². The lowest BCUT2D eigenvalue weighted by molar-refractivity contribution is 0.0699. The third kappa shape index (κ3) is 8.21. The fraction of sp³-hybridized carbons (Fsp3) is 0.167. The number of hydrogen-bond acceptors (Lipinski definition) is 6. The molecule has 0 fully saturated rings. The van der Waals surface area contributed by atoms with Crippen molar-refractivity contribution >= 4 is 5.97 Å². The molecular formula is C30H20N2O4. The first kappa shape index (κ1) is 25.3. The average Bonchev–Trinajstić information content (AvgIpc) is 3.38. The summed E-state index contributed by atoms with van der Waals surface area (Å²) in [7, 11) is 0. The van der Waals surface area contributed by atoms with Gasteiger partial charge in [-0.3, -0.25) is 0 Å². The van der Waals surface area contributed by atoms with Crippen LogP contribution >= 0.6 is 0 Å². The lowest BCUT2D eigenvalue weighted by atomic mass is 10.2. The molecule has 0 atom stereocenters. The molecule has 0 amide bonds. The summed E-state index contributed by atoms with van der Waals surface area (Å²) < 4.78 is 16.2. The molecule has 0 aliphatic carbocycles. The molecule has 0 aliphatic heterocycles. The molecule has 3 rings (SSSR count). The smallest absolute Gasteiger partial charge is 0.379 e. The van der Waals surface area contributed by atoms with Crippen LogP contribution < -0.4 is 9.47 Å². The quantitative estimate of drug-likeness (QED) is 0.205. The maximum absolute atomic E-state index is 12.4. The Morgan fingerprint density at radius 3 is 2.28 bits per heavy atom. The molecule has 6 nitrogen and oxygen atoms in total. The number of hydrogen-bond donors (Lipinski definition) is 0. The van der Waals surface area contributed by atoms with Gasteiger partial charge in [-0.25, -0.2) is 14.8 Å². The lowest BCUT2D eigenvalue weighted by Crippen LogP contribution is -2.07. The highest BCUT2D eigenvalue weighted by atomic mass is 16.5. The van der Waals surface area contributed by atoms with Gasteiger partial charge < -0.3 is 13.9 Å². The molecular weight excluding hydrogens is 452 g/mol. The van der Waals surface area contributed by atoms with Crippen molar-refractivity contribution in [3.63, 3.8) is 0 Å². The van der Waals surface area contributed by atoms with E-state index in [1.54, 1.807) is 30.3 Å². The van der Waals surface area contributed by atoms with Crippen LogP contribution in [0.25, 0.3) is 11.4 Å². The number of unbranched alkanes of at least 4 members (excludes halogenated alkanes) is 2. The third-order valence-corrected chi connectivity index (χ3v) is 4.51. The van der Waals surface area contributed by atoms with Crippen molar-refractivity contribution in [3.05, 3.63) is 60.3 Å². The molecule has 2 aromatic heterocycles. The van der Waals surface area contributed by atoms with Crippen LogP contribution in [0.3, 0.4) is 0 Å². The van der Waals surface area contributed by atoms with Gasteiger partial charge in [-0.15, -0.1) is 6.42 Å². The highest BCUT2D eigenvalue weighted by molar-refractivity contribution is 5.88. The minimum atomic E-state index is -0.544. The summed E-state index contributed by atoms with van der Waals surface area (Å²) in [5.74, 6) is 21.0. The van der Waals surface area contributed by atoms with Gasteiger partial charge in [0.15, 0.2) is 11.6 Å². The maximum Gasteiger partial charge on any atom is 0.379 e. The van der Waals surface area contributed by atoms with E-state index in [4.69, 9.17) is 20.3 Å². The van der Waals surface area contributed by atoms with Crippen molar-refractivity contribution < 1.29 is 18.7 Å². The molecule has 1 aromatic carbocycles. The van der Waals surface area contributed by atoms with Crippen molar-refractivity contribution in [1.29, 1.82) is 0 Å². The maximum atomic E-state index is 12.4. The van der Waals surface area contributed by atoms with Crippen LogP contribution in [0, 0.1) is 59.9 Å². The number of ether oxygens (including phenoxy) is 2. The Hall–Kier alpha value is -5.35. The van der Waals surface area contributed by atoms with Crippen molar-refractivity contribution in [3.8, 4) is 82.8 Å². The molecule has 0 bridgehead atoms. The Bertz CT molecular complexity index is 1480. The lowest BCUT2D eigenvalue weighted by Gasteiger charge is -2.04. The molecule has 0 unspecified atom stereocenters. The zero-order valence-electron chi connectivity index (χ0n) is 19.6. The Balaban J connectivity index is 1.52. The van der Waals surface area contributed by atoms with Crippen LogP contribution in [-0.4, -0.2) is 15.9 Å². The van der Waals surface area contributed by atoms with E-state index in [0.717, 1.165) is 37.0 Å². The summed E-state index contributed by atoms with van der Waals surface area (Å²) in [5.41, 5.74) is 0.737. The minimum absolute atomic E-state index is 0.181. The van der Waals surface area contributed by atoms with Crippen molar-refractivity contribution in [2.45, 2.75) is 32.6 Å². The first-order chi connectivity index (χ1) is 17.7. The minimum Gasteiger partial charge on any atom is -0.454 e. The molecule has 36 heavy (non-hydrogen) atoms. The number of aromatic nitrogens is 2. The van der Waals surface area contributed by atoms with Gasteiger partial charge in [-0.1, -0.05) is 19.8 Å². The molecule has 0 radical (unpaired) electrons. The average molecular weight is 473 g/mol. The predicted molar refractivity (Wildman–Crippen MR) is 135 cm³/mol. The first-order valence-corrected chi connectivity index (χ1v) is 11.1. The van der Waals surface area contributed by atoms with E-state index in [1.807, 2.05) is 6.07 Å². The van der Waals surface area contributed by atoms with Crippen LogP contribution in [-0.2, 0) is 6.42 Å². The Morgan fingerprint density at radius 1 is 0.889 bits per heavy atom. The number of nitrogens with zero attached hydrogens (tertiary/aromatic N) is 2.